The van der Waals surface area contributed by atoms with Crippen molar-refractivity contribution in [1.82, 2.24) is 9.55 Å². The second-order valence-corrected chi connectivity index (χ2v) is 8.51. The van der Waals surface area contributed by atoms with E-state index in [-0.39, 0.29) is 12.4 Å². The van der Waals surface area contributed by atoms with E-state index in [2.05, 4.69) is 19.6 Å². The summed E-state index contributed by atoms with van der Waals surface area (Å²) >= 11 is 0. The smallest absolute Gasteiger partial charge is 0.351 e. The van der Waals surface area contributed by atoms with Crippen LogP contribution in [0.1, 0.15) is 18.4 Å². The van der Waals surface area contributed by atoms with Crippen LogP contribution in [0.25, 0.3) is 11.0 Å². The SMILES string of the molecule is CNc1ccn(C2OC(COP(O)O)CC2(F)F)c(=O)n1.CO.COc1cc(OC)c2oc(COC=O)cc2c1. The van der Waals surface area contributed by atoms with E-state index in [1.54, 1.807) is 33.4 Å². The van der Waals surface area contributed by atoms with Crippen LogP contribution in [0.3, 0.4) is 0 Å². The van der Waals surface area contributed by atoms with Gasteiger partial charge in [-0.05, 0) is 18.2 Å². The van der Waals surface area contributed by atoms with Crippen LogP contribution in [0.2, 0.25) is 0 Å². The number of halogens is 2. The number of hydrogen-bond donors (Lipinski definition) is 4. The van der Waals surface area contributed by atoms with Crippen LogP contribution >= 0.6 is 8.60 Å². The lowest BCUT2D eigenvalue weighted by Crippen LogP contribution is -2.35. The molecule has 0 bridgehead atoms. The second-order valence-electron chi connectivity index (χ2n) is 7.74. The predicted octanol–water partition coefficient (Wildman–Crippen LogP) is 2.17. The number of aliphatic hydroxyl groups excluding tert-OH is 1. The molecule has 1 aliphatic heterocycles. The van der Waals surface area contributed by atoms with E-state index in [1.165, 1.54) is 6.07 Å². The Bertz CT molecular complexity index is 1290. The maximum atomic E-state index is 13.9. The molecule has 0 aliphatic carbocycles. The van der Waals surface area contributed by atoms with Gasteiger partial charge in [0.2, 0.25) is 6.23 Å². The predicted molar refractivity (Wildman–Crippen MR) is 137 cm³/mol. The van der Waals surface area contributed by atoms with Crippen molar-refractivity contribution in [2.75, 3.05) is 40.3 Å². The number of alkyl halides is 2. The van der Waals surface area contributed by atoms with E-state index in [1.807, 2.05) is 6.07 Å². The lowest BCUT2D eigenvalue weighted by molar-refractivity contribution is -0.130. The van der Waals surface area contributed by atoms with Gasteiger partial charge < -0.3 is 48.1 Å². The molecule has 2 unspecified atom stereocenters. The highest BCUT2D eigenvalue weighted by Crippen LogP contribution is 2.42. The number of furan rings is 1. The molecule has 14 nitrogen and oxygen atoms in total. The fourth-order valence-corrected chi connectivity index (χ4v) is 3.89. The number of nitrogens with zero attached hydrogens (tertiary/aromatic N) is 2. The summed E-state index contributed by atoms with van der Waals surface area (Å²) < 4.78 is 58.6. The van der Waals surface area contributed by atoms with Gasteiger partial charge in [-0.25, -0.2) is 13.6 Å². The van der Waals surface area contributed by atoms with E-state index in [4.69, 9.17) is 33.5 Å². The van der Waals surface area contributed by atoms with Gasteiger partial charge in [0.15, 0.2) is 11.3 Å². The van der Waals surface area contributed by atoms with Crippen molar-refractivity contribution in [2.45, 2.75) is 31.3 Å². The quantitative estimate of drug-likeness (QED) is 0.198. The van der Waals surface area contributed by atoms with Crippen molar-refractivity contribution >= 4 is 31.9 Å². The molecule has 4 rings (SSSR count). The van der Waals surface area contributed by atoms with Crippen LogP contribution in [0, 0.1) is 0 Å². The van der Waals surface area contributed by atoms with Crippen LogP contribution in [0.15, 0.2) is 39.7 Å². The Kier molecular flexibility index (Phi) is 12.6. The van der Waals surface area contributed by atoms with Gasteiger partial charge in [0.1, 0.15) is 23.9 Å². The third-order valence-electron chi connectivity index (χ3n) is 5.25. The minimum atomic E-state index is -3.30. The van der Waals surface area contributed by atoms with Gasteiger partial charge in [-0.2, -0.15) is 4.98 Å². The number of benzene rings is 1. The molecule has 2 atom stereocenters. The van der Waals surface area contributed by atoms with E-state index in [0.717, 1.165) is 18.7 Å². The molecule has 40 heavy (non-hydrogen) atoms. The van der Waals surface area contributed by atoms with Crippen LogP contribution in [0.5, 0.6) is 11.5 Å². The first kappa shape index (κ1) is 32.8. The number of anilines is 1. The van der Waals surface area contributed by atoms with Crippen molar-refractivity contribution in [3.05, 3.63) is 46.7 Å². The number of fused-ring (bicyclic) bond motifs is 1. The number of carbonyl (C=O) groups excluding carboxylic acids is 1. The molecular weight excluding hydrogens is 563 g/mol. The third-order valence-corrected chi connectivity index (χ3v) is 5.63. The number of ether oxygens (including phenoxy) is 4. The maximum Gasteiger partial charge on any atom is 0.351 e. The standard InChI is InChI=1S/C12H12O5.C10H14F2N3O5P.CH4O/c1-14-9-3-8-4-10(6-16-7-13)17-12(8)11(5-9)15-2;1-13-7-2-3-15(9(16)14-7)8-10(11,12)4-6(20-8)5-19-21(17)18;1-2/h3-5,7H,6H2,1-2H3;2-3,6,8,17-18H,4-5H2,1H3,(H,13,14,16);2H,1H3. The molecule has 0 amide bonds. The van der Waals surface area contributed by atoms with E-state index in [9.17, 15) is 18.4 Å². The highest BCUT2D eigenvalue weighted by atomic mass is 31.2. The van der Waals surface area contributed by atoms with Gasteiger partial charge in [0, 0.05) is 38.2 Å². The molecular formula is C23H30F2N3O11P. The van der Waals surface area contributed by atoms with Crippen LogP contribution in [0.4, 0.5) is 14.6 Å². The van der Waals surface area contributed by atoms with Gasteiger partial charge in [0.05, 0.1) is 26.9 Å². The molecule has 1 fully saturated rings. The molecule has 1 aromatic carbocycles. The summed E-state index contributed by atoms with van der Waals surface area (Å²) in [6.07, 6.45) is -2.39. The Morgan fingerprint density at radius 3 is 2.55 bits per heavy atom. The summed E-state index contributed by atoms with van der Waals surface area (Å²) in [5.74, 6) is -1.23. The number of hydrogen-bond acceptors (Lipinski definition) is 13. The third kappa shape index (κ3) is 8.55. The minimum Gasteiger partial charge on any atom is -0.497 e. The molecule has 0 radical (unpaired) electrons. The monoisotopic (exact) mass is 593 g/mol. The number of methoxy groups -OCH3 is 2. The van der Waals surface area contributed by atoms with Crippen molar-refractivity contribution in [3.63, 3.8) is 0 Å². The summed E-state index contributed by atoms with van der Waals surface area (Å²) in [5, 5.41) is 10.5. The molecule has 0 spiro atoms. The van der Waals surface area contributed by atoms with Gasteiger partial charge in [0.25, 0.3) is 12.4 Å². The fourth-order valence-electron chi connectivity index (χ4n) is 3.59. The molecule has 3 heterocycles. The average molecular weight is 593 g/mol. The number of aliphatic hydroxyl groups is 1. The second kappa shape index (κ2) is 15.4. The van der Waals surface area contributed by atoms with Gasteiger partial charge in [-0.1, -0.05) is 0 Å². The van der Waals surface area contributed by atoms with Crippen LogP contribution < -0.4 is 20.5 Å². The Labute approximate surface area is 228 Å². The van der Waals surface area contributed by atoms with Crippen molar-refractivity contribution in [2.24, 2.45) is 0 Å². The molecule has 2 aromatic heterocycles. The lowest BCUT2D eigenvalue weighted by Gasteiger charge is -2.19. The zero-order chi connectivity index (χ0) is 29.9. The van der Waals surface area contributed by atoms with E-state index < -0.39 is 45.6 Å². The summed E-state index contributed by atoms with van der Waals surface area (Å²) in [5.41, 5.74) is -0.266. The molecule has 1 aliphatic rings. The largest absolute Gasteiger partial charge is 0.497 e. The van der Waals surface area contributed by atoms with Gasteiger partial charge in [-0.15, -0.1) is 0 Å². The summed E-state index contributed by atoms with van der Waals surface area (Å²) in [6, 6.07) is 6.71. The van der Waals surface area contributed by atoms with Crippen LogP contribution in [-0.4, -0.2) is 77.9 Å². The van der Waals surface area contributed by atoms with Crippen molar-refractivity contribution < 1.29 is 56.4 Å². The number of nitrogens with one attached hydrogen (secondary N) is 1. The molecule has 4 N–H and O–H groups in total. The molecule has 0 saturated carbocycles. The first-order chi connectivity index (χ1) is 19.1. The van der Waals surface area contributed by atoms with E-state index >= 15 is 0 Å². The Morgan fingerprint density at radius 1 is 1.25 bits per heavy atom. The summed E-state index contributed by atoms with van der Waals surface area (Å²) in [4.78, 5) is 42.6. The normalized spacial score (nSPS) is 17.4. The Hall–Kier alpha value is -3.40. The van der Waals surface area contributed by atoms with Crippen LogP contribution in [-0.2, 0) is 25.4 Å². The Balaban J connectivity index is 0.000000269. The number of aromatic nitrogens is 2. The first-order valence-electron chi connectivity index (χ1n) is 11.4. The number of carbonyl (C=O) groups is 1. The molecule has 1 saturated heterocycles. The average Bonchev–Trinajstić information content (AvgIpc) is 3.50. The lowest BCUT2D eigenvalue weighted by atomic mass is 10.2. The highest BCUT2D eigenvalue weighted by Gasteiger charge is 2.52. The molecule has 3 aromatic rings. The Morgan fingerprint density at radius 2 is 1.98 bits per heavy atom. The van der Waals surface area contributed by atoms with Crippen molar-refractivity contribution in [1.29, 1.82) is 0 Å². The first-order valence-corrected chi connectivity index (χ1v) is 12.5. The molecule has 17 heteroatoms. The van der Waals surface area contributed by atoms with Gasteiger partial charge in [-0.3, -0.25) is 9.36 Å². The highest BCUT2D eigenvalue weighted by molar-refractivity contribution is 7.39. The minimum absolute atomic E-state index is 0.101. The van der Waals surface area contributed by atoms with Gasteiger partial charge >= 0.3 is 14.3 Å². The number of rotatable bonds is 10. The zero-order valence-corrected chi connectivity index (χ0v) is 22.8. The topological polar surface area (TPSA) is 184 Å². The molecule has 222 valence electrons. The fraction of sp³-hybridized carbons (Fsp3) is 0.435. The summed E-state index contributed by atoms with van der Waals surface area (Å²) in [6.45, 7) is 0.0796. The summed E-state index contributed by atoms with van der Waals surface area (Å²) in [7, 11) is 3.04. The zero-order valence-electron chi connectivity index (χ0n) is 21.9. The van der Waals surface area contributed by atoms with Crippen molar-refractivity contribution in [3.8, 4) is 11.5 Å². The maximum absolute atomic E-state index is 13.9. The van der Waals surface area contributed by atoms with E-state index in [0.29, 0.717) is 33.9 Å².